The molecule has 0 spiro atoms. The van der Waals surface area contributed by atoms with Crippen LogP contribution < -0.4 is 0 Å². The van der Waals surface area contributed by atoms with Crippen molar-refractivity contribution >= 4 is 0 Å². The SMILES string of the molecule is C=C1C=C2C=CC=C12. The van der Waals surface area contributed by atoms with E-state index in [-0.39, 0.29) is 0 Å². The van der Waals surface area contributed by atoms with Crippen LogP contribution in [0.25, 0.3) is 0 Å². The Morgan fingerprint density at radius 2 is 2.25 bits per heavy atom. The largest absolute Gasteiger partial charge is 0.0911 e. The zero-order valence-electron chi connectivity index (χ0n) is 4.52. The van der Waals surface area contributed by atoms with Crippen molar-refractivity contribution in [3.63, 3.8) is 0 Å². The van der Waals surface area contributed by atoms with E-state index in [1.807, 2.05) is 0 Å². The van der Waals surface area contributed by atoms with E-state index >= 15 is 0 Å². The van der Waals surface area contributed by atoms with Gasteiger partial charge < -0.3 is 0 Å². The fourth-order valence-electron chi connectivity index (χ4n) is 1.04. The molecule has 2 rings (SSSR count). The molecule has 0 amide bonds. The maximum absolute atomic E-state index is 3.82. The van der Waals surface area contributed by atoms with Crippen LogP contribution >= 0.6 is 0 Å². The Hall–Kier alpha value is -1.04. The van der Waals surface area contributed by atoms with Gasteiger partial charge in [0.2, 0.25) is 0 Å². The second-order valence-corrected chi connectivity index (χ2v) is 2.06. The first-order valence-electron chi connectivity index (χ1n) is 2.67. The van der Waals surface area contributed by atoms with E-state index in [4.69, 9.17) is 0 Å². The van der Waals surface area contributed by atoms with Crippen LogP contribution in [0.5, 0.6) is 0 Å². The van der Waals surface area contributed by atoms with Crippen LogP contribution in [0.1, 0.15) is 0 Å². The van der Waals surface area contributed by atoms with Crippen LogP contribution in [-0.4, -0.2) is 0 Å². The fourth-order valence-corrected chi connectivity index (χ4v) is 1.04. The molecule has 0 aromatic rings. The smallest absolute Gasteiger partial charge is 0.0117 e. The average Bonchev–Trinajstić information content (AvgIpc) is 2.09. The molecule has 0 aliphatic heterocycles. The Bertz CT molecular complexity index is 231. The highest BCUT2D eigenvalue weighted by molar-refractivity contribution is 5.70. The van der Waals surface area contributed by atoms with Crippen molar-refractivity contribution in [3.8, 4) is 0 Å². The molecule has 0 aromatic heterocycles. The van der Waals surface area contributed by atoms with Crippen molar-refractivity contribution in [2.45, 2.75) is 0 Å². The summed E-state index contributed by atoms with van der Waals surface area (Å²) in [4.78, 5) is 0. The van der Waals surface area contributed by atoms with Crippen LogP contribution in [0, 0.1) is 0 Å². The molecule has 0 aromatic carbocycles. The summed E-state index contributed by atoms with van der Waals surface area (Å²) in [5.74, 6) is 0. The van der Waals surface area contributed by atoms with Gasteiger partial charge in [0, 0.05) is 0 Å². The topological polar surface area (TPSA) is 0 Å². The van der Waals surface area contributed by atoms with Gasteiger partial charge in [0.1, 0.15) is 0 Å². The van der Waals surface area contributed by atoms with Crippen molar-refractivity contribution in [3.05, 3.63) is 47.6 Å². The molecule has 0 unspecified atom stereocenters. The first-order chi connectivity index (χ1) is 3.88. The molecule has 0 N–H and O–H groups in total. The molecule has 0 nitrogen and oxygen atoms in total. The average molecular weight is 102 g/mol. The third kappa shape index (κ3) is 0.270. The standard InChI is InChI=1S/C8H6/c1-6-5-7-3-2-4-8(6)7/h2-5H,1H2. The zero-order chi connectivity index (χ0) is 5.56. The number of rotatable bonds is 0. The molecule has 0 heterocycles. The van der Waals surface area contributed by atoms with Crippen LogP contribution in [0.15, 0.2) is 47.6 Å². The van der Waals surface area contributed by atoms with Gasteiger partial charge >= 0.3 is 0 Å². The highest BCUT2D eigenvalue weighted by Gasteiger charge is 2.16. The summed E-state index contributed by atoms with van der Waals surface area (Å²) >= 11 is 0. The lowest BCUT2D eigenvalue weighted by Crippen LogP contribution is -1.96. The molecule has 0 heteroatoms. The summed E-state index contributed by atoms with van der Waals surface area (Å²) < 4.78 is 0. The first-order valence-corrected chi connectivity index (χ1v) is 2.67. The molecule has 0 radical (unpaired) electrons. The summed E-state index contributed by atoms with van der Waals surface area (Å²) in [6.07, 6.45) is 8.34. The van der Waals surface area contributed by atoms with Crippen LogP contribution in [0.3, 0.4) is 0 Å². The monoisotopic (exact) mass is 102 g/mol. The lowest BCUT2D eigenvalue weighted by Gasteiger charge is -2.14. The Kier molecular flexibility index (Phi) is 0.500. The molecular formula is C8H6. The van der Waals surface area contributed by atoms with Crippen molar-refractivity contribution in [2.24, 2.45) is 0 Å². The minimum absolute atomic E-state index is 1.17. The number of hydrogen-bond acceptors (Lipinski definition) is 0. The Balaban J connectivity index is 2.63. The zero-order valence-corrected chi connectivity index (χ0v) is 4.52. The maximum atomic E-state index is 3.82. The van der Waals surface area contributed by atoms with Gasteiger partial charge in [0.15, 0.2) is 0 Å². The van der Waals surface area contributed by atoms with E-state index in [1.54, 1.807) is 0 Å². The molecule has 0 bridgehead atoms. The van der Waals surface area contributed by atoms with Gasteiger partial charge in [0.05, 0.1) is 0 Å². The molecule has 0 saturated carbocycles. The van der Waals surface area contributed by atoms with Gasteiger partial charge in [-0.3, -0.25) is 0 Å². The molecule has 8 heavy (non-hydrogen) atoms. The van der Waals surface area contributed by atoms with Gasteiger partial charge in [-0.15, -0.1) is 0 Å². The first kappa shape index (κ1) is 3.90. The molecular weight excluding hydrogens is 96.1 g/mol. The lowest BCUT2D eigenvalue weighted by molar-refractivity contribution is 1.40. The van der Waals surface area contributed by atoms with Gasteiger partial charge in [-0.1, -0.05) is 24.8 Å². The number of allylic oxidation sites excluding steroid dienone is 7. The summed E-state index contributed by atoms with van der Waals surface area (Å²) in [6.45, 7) is 3.82. The van der Waals surface area contributed by atoms with Crippen LogP contribution in [0.4, 0.5) is 0 Å². The predicted molar refractivity (Wildman–Crippen MR) is 34.4 cm³/mol. The van der Waals surface area contributed by atoms with Gasteiger partial charge in [0.25, 0.3) is 0 Å². The molecule has 2 aliphatic carbocycles. The Labute approximate surface area is 48.5 Å². The summed E-state index contributed by atoms with van der Waals surface area (Å²) in [5.41, 5.74) is 3.84. The van der Waals surface area contributed by atoms with Crippen molar-refractivity contribution in [1.29, 1.82) is 0 Å². The fraction of sp³-hybridized carbons (Fsp3) is 0. The molecule has 0 fully saturated rings. The minimum Gasteiger partial charge on any atom is -0.0911 e. The van der Waals surface area contributed by atoms with E-state index in [0.717, 1.165) is 0 Å². The van der Waals surface area contributed by atoms with Gasteiger partial charge in [-0.25, -0.2) is 0 Å². The van der Waals surface area contributed by atoms with E-state index in [0.29, 0.717) is 0 Å². The number of hydrogen-bond donors (Lipinski definition) is 0. The summed E-state index contributed by atoms with van der Waals surface area (Å²) in [5, 5.41) is 0. The van der Waals surface area contributed by atoms with Gasteiger partial charge in [-0.2, -0.15) is 0 Å². The molecule has 38 valence electrons. The second-order valence-electron chi connectivity index (χ2n) is 2.06. The van der Waals surface area contributed by atoms with Crippen LogP contribution in [0.2, 0.25) is 0 Å². The van der Waals surface area contributed by atoms with E-state index < -0.39 is 0 Å². The molecule has 2 aliphatic rings. The highest BCUT2D eigenvalue weighted by Crippen LogP contribution is 2.34. The number of fused-ring (bicyclic) bond motifs is 1. The van der Waals surface area contributed by atoms with Crippen molar-refractivity contribution < 1.29 is 0 Å². The third-order valence-electron chi connectivity index (χ3n) is 1.53. The lowest BCUT2D eigenvalue weighted by atomic mass is 9.90. The minimum atomic E-state index is 1.17. The van der Waals surface area contributed by atoms with Crippen molar-refractivity contribution in [2.75, 3.05) is 0 Å². The highest BCUT2D eigenvalue weighted by atomic mass is 14.2. The second kappa shape index (κ2) is 1.03. The normalized spacial score (nSPS) is 21.8. The van der Waals surface area contributed by atoms with E-state index in [2.05, 4.69) is 30.9 Å². The summed E-state index contributed by atoms with van der Waals surface area (Å²) in [7, 11) is 0. The van der Waals surface area contributed by atoms with E-state index in [1.165, 1.54) is 16.7 Å². The third-order valence-corrected chi connectivity index (χ3v) is 1.53. The quantitative estimate of drug-likeness (QED) is 0.438. The Morgan fingerprint density at radius 3 is 2.75 bits per heavy atom. The molecule has 0 saturated heterocycles. The van der Waals surface area contributed by atoms with Crippen molar-refractivity contribution in [1.82, 2.24) is 0 Å². The van der Waals surface area contributed by atoms with E-state index in [9.17, 15) is 0 Å². The Morgan fingerprint density at radius 1 is 1.38 bits per heavy atom. The predicted octanol–water partition coefficient (Wildman–Crippen LogP) is 1.98. The summed E-state index contributed by atoms with van der Waals surface area (Å²) in [6, 6.07) is 0. The van der Waals surface area contributed by atoms with Gasteiger partial charge in [-0.05, 0) is 22.8 Å². The molecule has 0 atom stereocenters. The van der Waals surface area contributed by atoms with Crippen LogP contribution in [-0.2, 0) is 0 Å². The maximum Gasteiger partial charge on any atom is -0.0117 e.